The number of methoxy groups -OCH3 is 1. The van der Waals surface area contributed by atoms with E-state index in [-0.39, 0.29) is 5.91 Å². The number of nitrogens with one attached hydrogen (secondary N) is 2. The average Bonchev–Trinajstić information content (AvgIpc) is 3.26. The number of ether oxygens (including phenoxy) is 1. The number of amides is 1. The Morgan fingerprint density at radius 1 is 1.00 bits per heavy atom. The molecule has 0 radical (unpaired) electrons. The number of carbonyl (C=O) groups is 1. The van der Waals surface area contributed by atoms with E-state index in [1.807, 2.05) is 90.4 Å². The second-order valence-electron chi connectivity index (χ2n) is 7.41. The van der Waals surface area contributed by atoms with E-state index < -0.39 is 5.25 Å². The van der Waals surface area contributed by atoms with Gasteiger partial charge in [0.1, 0.15) is 5.75 Å². The van der Waals surface area contributed by atoms with Gasteiger partial charge in [0.25, 0.3) is 0 Å². The number of hydrogen-bond acceptors (Lipinski definition) is 6. The minimum atomic E-state index is -0.390. The van der Waals surface area contributed by atoms with Crippen molar-refractivity contribution >= 4 is 40.6 Å². The normalized spacial score (nSPS) is 11.6. The summed E-state index contributed by atoms with van der Waals surface area (Å²) in [5.41, 5.74) is 2.54. The molecule has 0 spiro atoms. The number of rotatable bonds is 9. The Bertz CT molecular complexity index is 1230. The molecule has 2 N–H and O–H groups in total. The first-order valence-electron chi connectivity index (χ1n) is 10.6. The van der Waals surface area contributed by atoms with Crippen LogP contribution in [0.15, 0.2) is 84.0 Å². The van der Waals surface area contributed by atoms with Crippen LogP contribution in [0.25, 0.3) is 5.69 Å². The van der Waals surface area contributed by atoms with E-state index in [4.69, 9.17) is 16.3 Å². The Labute approximate surface area is 207 Å². The third kappa shape index (κ3) is 5.89. The summed E-state index contributed by atoms with van der Waals surface area (Å²) >= 11 is 7.33. The molecule has 174 valence electrons. The number of thioether (sulfide) groups is 1. The molecule has 0 aliphatic rings. The van der Waals surface area contributed by atoms with Gasteiger partial charge >= 0.3 is 0 Å². The predicted octanol–water partition coefficient (Wildman–Crippen LogP) is 5.66. The van der Waals surface area contributed by atoms with Crippen LogP contribution in [0.4, 0.5) is 11.4 Å². The van der Waals surface area contributed by atoms with Gasteiger partial charge in [-0.15, -0.1) is 10.2 Å². The van der Waals surface area contributed by atoms with E-state index in [1.54, 1.807) is 7.11 Å². The maximum absolute atomic E-state index is 12.8. The molecule has 9 heteroatoms. The first-order valence-corrected chi connectivity index (χ1v) is 11.9. The third-order valence-corrected chi connectivity index (χ3v) is 6.31. The van der Waals surface area contributed by atoms with Gasteiger partial charge in [-0.3, -0.25) is 9.36 Å². The van der Waals surface area contributed by atoms with Gasteiger partial charge in [-0.1, -0.05) is 41.6 Å². The molecule has 3 aromatic carbocycles. The highest BCUT2D eigenvalue weighted by Crippen LogP contribution is 2.28. The minimum Gasteiger partial charge on any atom is -0.497 e. The molecule has 0 aliphatic carbocycles. The van der Waals surface area contributed by atoms with Gasteiger partial charge in [0.05, 0.1) is 18.9 Å². The zero-order chi connectivity index (χ0) is 23.9. The van der Waals surface area contributed by atoms with Crippen LogP contribution in [0.3, 0.4) is 0 Å². The van der Waals surface area contributed by atoms with Gasteiger partial charge in [-0.25, -0.2) is 0 Å². The van der Waals surface area contributed by atoms with E-state index in [0.29, 0.717) is 22.5 Å². The Morgan fingerprint density at radius 2 is 1.71 bits per heavy atom. The topological polar surface area (TPSA) is 81.1 Å². The van der Waals surface area contributed by atoms with Crippen LogP contribution in [0.1, 0.15) is 12.7 Å². The summed E-state index contributed by atoms with van der Waals surface area (Å²) in [6.07, 6.45) is 0. The molecular weight excluding hydrogens is 470 g/mol. The number of hydrogen-bond donors (Lipinski definition) is 2. The van der Waals surface area contributed by atoms with E-state index in [0.717, 1.165) is 22.8 Å². The van der Waals surface area contributed by atoms with Crippen molar-refractivity contribution in [3.63, 3.8) is 0 Å². The zero-order valence-electron chi connectivity index (χ0n) is 18.7. The van der Waals surface area contributed by atoms with Crippen LogP contribution >= 0.6 is 23.4 Å². The van der Waals surface area contributed by atoms with E-state index in [1.165, 1.54) is 11.8 Å². The second-order valence-corrected chi connectivity index (χ2v) is 9.15. The fourth-order valence-electron chi connectivity index (χ4n) is 3.21. The first-order chi connectivity index (χ1) is 16.5. The molecule has 1 unspecified atom stereocenters. The smallest absolute Gasteiger partial charge is 0.237 e. The fourth-order valence-corrected chi connectivity index (χ4v) is 4.22. The summed E-state index contributed by atoms with van der Waals surface area (Å²) in [5.74, 6) is 1.35. The summed E-state index contributed by atoms with van der Waals surface area (Å²) in [7, 11) is 1.63. The van der Waals surface area contributed by atoms with Gasteiger partial charge in [-0.2, -0.15) is 0 Å². The van der Waals surface area contributed by atoms with Crippen molar-refractivity contribution in [1.82, 2.24) is 14.8 Å². The quantitative estimate of drug-likeness (QED) is 0.293. The van der Waals surface area contributed by atoms with Gasteiger partial charge < -0.3 is 15.4 Å². The molecule has 0 fully saturated rings. The molecule has 1 amide bonds. The van der Waals surface area contributed by atoms with Crippen molar-refractivity contribution in [3.05, 3.63) is 89.7 Å². The average molecular weight is 494 g/mol. The Morgan fingerprint density at radius 3 is 2.38 bits per heavy atom. The molecular formula is C25H24ClN5O2S. The zero-order valence-corrected chi connectivity index (χ0v) is 20.3. The number of para-hydroxylation sites is 1. The molecule has 0 saturated heterocycles. The summed E-state index contributed by atoms with van der Waals surface area (Å²) in [6.45, 7) is 2.29. The van der Waals surface area contributed by atoms with Gasteiger partial charge in [0, 0.05) is 22.1 Å². The van der Waals surface area contributed by atoms with Crippen molar-refractivity contribution in [2.45, 2.75) is 23.9 Å². The second kappa shape index (κ2) is 11.1. The lowest BCUT2D eigenvalue weighted by molar-refractivity contribution is -0.115. The first kappa shape index (κ1) is 23.7. The molecule has 1 aromatic heterocycles. The molecule has 0 saturated carbocycles. The van der Waals surface area contributed by atoms with Crippen molar-refractivity contribution in [1.29, 1.82) is 0 Å². The van der Waals surface area contributed by atoms with Gasteiger partial charge in [0.2, 0.25) is 5.91 Å². The molecule has 4 aromatic rings. The highest BCUT2D eigenvalue weighted by molar-refractivity contribution is 8.00. The molecule has 0 aliphatic heterocycles. The Kier molecular flexibility index (Phi) is 7.72. The number of benzene rings is 3. The number of carbonyl (C=O) groups excluding carboxylic acids is 1. The largest absolute Gasteiger partial charge is 0.497 e. The number of nitrogens with zero attached hydrogens (tertiary/aromatic N) is 3. The maximum Gasteiger partial charge on any atom is 0.237 e. The van der Waals surface area contributed by atoms with Crippen molar-refractivity contribution in [3.8, 4) is 11.4 Å². The molecule has 0 bridgehead atoms. The van der Waals surface area contributed by atoms with Crippen molar-refractivity contribution < 1.29 is 9.53 Å². The van der Waals surface area contributed by atoms with Crippen LogP contribution in [0.5, 0.6) is 5.75 Å². The van der Waals surface area contributed by atoms with Gasteiger partial charge in [-0.05, 0) is 67.6 Å². The summed E-state index contributed by atoms with van der Waals surface area (Å²) in [4.78, 5) is 12.8. The number of halogens is 1. The van der Waals surface area contributed by atoms with Crippen molar-refractivity contribution in [2.75, 3.05) is 17.7 Å². The lowest BCUT2D eigenvalue weighted by Crippen LogP contribution is -2.23. The molecule has 7 nitrogen and oxygen atoms in total. The summed E-state index contributed by atoms with van der Waals surface area (Å²) < 4.78 is 7.24. The highest BCUT2D eigenvalue weighted by atomic mass is 35.5. The number of aromatic nitrogens is 3. The predicted molar refractivity (Wildman–Crippen MR) is 137 cm³/mol. The highest BCUT2D eigenvalue weighted by Gasteiger charge is 2.21. The van der Waals surface area contributed by atoms with E-state index >= 15 is 0 Å². The monoisotopic (exact) mass is 493 g/mol. The minimum absolute atomic E-state index is 0.110. The van der Waals surface area contributed by atoms with Gasteiger partial charge in [0.15, 0.2) is 11.0 Å². The third-order valence-electron chi connectivity index (χ3n) is 5.02. The maximum atomic E-state index is 12.8. The van der Waals surface area contributed by atoms with Crippen LogP contribution in [0, 0.1) is 0 Å². The van der Waals surface area contributed by atoms with E-state index in [9.17, 15) is 4.79 Å². The lowest BCUT2D eigenvalue weighted by Gasteiger charge is -2.15. The summed E-state index contributed by atoms with van der Waals surface area (Å²) in [6, 6.07) is 24.5. The fraction of sp³-hybridized carbons (Fsp3) is 0.160. The molecule has 34 heavy (non-hydrogen) atoms. The molecule has 1 atom stereocenters. The SMILES string of the molecule is COc1ccc(-n2c(CNc3ccc(Cl)cc3)nnc2SC(C)C(=O)Nc2ccccc2)cc1. The Balaban J connectivity index is 1.56. The van der Waals surface area contributed by atoms with Crippen molar-refractivity contribution in [2.24, 2.45) is 0 Å². The van der Waals surface area contributed by atoms with Crippen LogP contribution in [-0.4, -0.2) is 33.0 Å². The molecule has 1 heterocycles. The van der Waals surface area contributed by atoms with Crippen LogP contribution < -0.4 is 15.4 Å². The standard InChI is InChI=1S/C25H24ClN5O2S/c1-17(24(32)28-20-6-4-3-5-7-20)34-25-30-29-23(16-27-19-10-8-18(26)9-11-19)31(25)21-12-14-22(33-2)15-13-21/h3-15,17,27H,16H2,1-2H3,(H,28,32). The molecule has 4 rings (SSSR count). The van der Waals surface area contributed by atoms with E-state index in [2.05, 4.69) is 20.8 Å². The van der Waals surface area contributed by atoms with Crippen LogP contribution in [-0.2, 0) is 11.3 Å². The lowest BCUT2D eigenvalue weighted by atomic mass is 10.3. The summed E-state index contributed by atoms with van der Waals surface area (Å²) in [5, 5.41) is 16.0. The Hall–Kier alpha value is -3.49. The number of anilines is 2. The van der Waals surface area contributed by atoms with Crippen LogP contribution in [0.2, 0.25) is 5.02 Å².